The van der Waals surface area contributed by atoms with E-state index in [4.69, 9.17) is 0 Å². The summed E-state index contributed by atoms with van der Waals surface area (Å²) in [5.41, 5.74) is 1.32. The van der Waals surface area contributed by atoms with Crippen molar-refractivity contribution in [2.24, 2.45) is 11.8 Å². The molecule has 2 nitrogen and oxygen atoms in total. The van der Waals surface area contributed by atoms with Crippen LogP contribution >= 0.6 is 0 Å². The fourth-order valence-electron chi connectivity index (χ4n) is 2.92. The third-order valence-corrected chi connectivity index (χ3v) is 4.60. The third-order valence-electron chi connectivity index (χ3n) is 4.60. The summed E-state index contributed by atoms with van der Waals surface area (Å²) >= 11 is 0. The average molecular weight is 245 g/mol. The van der Waals surface area contributed by atoms with Gasteiger partial charge in [0.15, 0.2) is 0 Å². The highest BCUT2D eigenvalue weighted by atomic mass is 16.1. The molecule has 1 aliphatic rings. The van der Waals surface area contributed by atoms with E-state index < -0.39 is 0 Å². The van der Waals surface area contributed by atoms with Crippen molar-refractivity contribution in [1.29, 1.82) is 0 Å². The molecule has 0 N–H and O–H groups in total. The summed E-state index contributed by atoms with van der Waals surface area (Å²) in [7, 11) is 0. The predicted molar refractivity (Wildman–Crippen MR) is 74.2 cm³/mol. The summed E-state index contributed by atoms with van der Waals surface area (Å²) in [6.07, 6.45) is 0. The first kappa shape index (κ1) is 13.3. The van der Waals surface area contributed by atoms with Gasteiger partial charge in [-0.05, 0) is 19.4 Å². The smallest absolute Gasteiger partial charge is 0.141 e. The number of hydrogen-bond acceptors (Lipinski definition) is 2. The molecular weight excluding hydrogens is 222 g/mol. The molecular formula is C16H23NO. The number of hydrogen-bond donors (Lipinski definition) is 0. The highest BCUT2D eigenvalue weighted by molar-refractivity contribution is 5.84. The lowest BCUT2D eigenvalue weighted by atomic mass is 9.80. The van der Waals surface area contributed by atoms with Gasteiger partial charge in [0, 0.05) is 30.5 Å². The Bertz CT molecular complexity index is 396. The summed E-state index contributed by atoms with van der Waals surface area (Å²) in [6.45, 7) is 9.41. The van der Waals surface area contributed by atoms with Crippen molar-refractivity contribution in [2.45, 2.75) is 46.3 Å². The van der Waals surface area contributed by atoms with Gasteiger partial charge in [0.1, 0.15) is 5.78 Å². The van der Waals surface area contributed by atoms with Gasteiger partial charge < -0.3 is 0 Å². The van der Waals surface area contributed by atoms with E-state index in [1.54, 1.807) is 0 Å². The lowest BCUT2D eigenvalue weighted by molar-refractivity contribution is -0.136. The summed E-state index contributed by atoms with van der Waals surface area (Å²) < 4.78 is 0. The molecule has 98 valence electrons. The molecule has 4 atom stereocenters. The van der Waals surface area contributed by atoms with E-state index >= 15 is 0 Å². The molecule has 0 aliphatic carbocycles. The van der Waals surface area contributed by atoms with Crippen LogP contribution in [0.3, 0.4) is 0 Å². The number of ketones is 1. The molecule has 0 radical (unpaired) electrons. The van der Waals surface area contributed by atoms with Crippen molar-refractivity contribution in [1.82, 2.24) is 4.90 Å². The Kier molecular flexibility index (Phi) is 3.86. The largest absolute Gasteiger partial charge is 0.299 e. The minimum Gasteiger partial charge on any atom is -0.299 e. The van der Waals surface area contributed by atoms with Crippen LogP contribution in [0.2, 0.25) is 0 Å². The van der Waals surface area contributed by atoms with Crippen LogP contribution in [0.5, 0.6) is 0 Å². The molecule has 1 aromatic carbocycles. The van der Waals surface area contributed by atoms with E-state index in [1.165, 1.54) is 5.56 Å². The zero-order valence-electron chi connectivity index (χ0n) is 11.8. The minimum absolute atomic E-state index is 0.139. The van der Waals surface area contributed by atoms with Gasteiger partial charge in [-0.2, -0.15) is 0 Å². The van der Waals surface area contributed by atoms with E-state index in [1.807, 2.05) is 6.07 Å². The molecule has 0 bridgehead atoms. The van der Waals surface area contributed by atoms with Crippen molar-refractivity contribution in [3.05, 3.63) is 35.9 Å². The summed E-state index contributed by atoms with van der Waals surface area (Å²) in [5.74, 6) is 0.694. The number of carbonyl (C=O) groups excluding carboxylic acids is 1. The lowest BCUT2D eigenvalue weighted by Crippen LogP contribution is -2.55. The molecule has 1 aromatic rings. The number of Topliss-reactive ketones (excluding diaryl/α,β-unsaturated/α-hetero) is 1. The first-order valence-corrected chi connectivity index (χ1v) is 6.85. The quantitative estimate of drug-likeness (QED) is 0.798. The van der Waals surface area contributed by atoms with Crippen molar-refractivity contribution >= 4 is 5.78 Å². The number of benzene rings is 1. The fourth-order valence-corrected chi connectivity index (χ4v) is 2.92. The molecule has 1 heterocycles. The Morgan fingerprint density at radius 1 is 0.944 bits per heavy atom. The Labute approximate surface area is 110 Å². The van der Waals surface area contributed by atoms with Gasteiger partial charge >= 0.3 is 0 Å². The van der Waals surface area contributed by atoms with Crippen LogP contribution in [-0.4, -0.2) is 22.8 Å². The average Bonchev–Trinajstić information content (AvgIpc) is 2.40. The van der Waals surface area contributed by atoms with Crippen LogP contribution in [0, 0.1) is 11.8 Å². The number of carbonyl (C=O) groups is 1. The van der Waals surface area contributed by atoms with E-state index in [2.05, 4.69) is 56.9 Å². The third kappa shape index (κ3) is 2.35. The summed E-state index contributed by atoms with van der Waals surface area (Å²) in [4.78, 5) is 14.6. The number of likely N-dealkylation sites (tertiary alicyclic amines) is 1. The molecule has 0 unspecified atom stereocenters. The van der Waals surface area contributed by atoms with Crippen LogP contribution in [0.25, 0.3) is 0 Å². The van der Waals surface area contributed by atoms with Gasteiger partial charge in [0.05, 0.1) is 0 Å². The van der Waals surface area contributed by atoms with Crippen LogP contribution in [-0.2, 0) is 11.3 Å². The van der Waals surface area contributed by atoms with E-state index in [0.717, 1.165) is 6.54 Å². The van der Waals surface area contributed by atoms with Crippen molar-refractivity contribution < 1.29 is 4.79 Å². The summed E-state index contributed by atoms with van der Waals surface area (Å²) in [6, 6.07) is 11.2. The SMILES string of the molecule is C[C@@H]1C(=O)[C@H](C)[C@H](C)N(Cc2ccccc2)[C@@H]1C. The standard InChI is InChI=1S/C16H23NO/c1-11-13(3)17(14(4)12(2)16(11)18)10-15-8-6-5-7-9-15/h5-9,11-14H,10H2,1-4H3/t11-,12+,13+,14-. The monoisotopic (exact) mass is 245 g/mol. The predicted octanol–water partition coefficient (Wildman–Crippen LogP) is 3.12. The zero-order chi connectivity index (χ0) is 13.3. The van der Waals surface area contributed by atoms with Crippen LogP contribution in [0.1, 0.15) is 33.3 Å². The van der Waals surface area contributed by atoms with Crippen LogP contribution in [0.15, 0.2) is 30.3 Å². The van der Waals surface area contributed by atoms with Gasteiger partial charge in [-0.25, -0.2) is 0 Å². The van der Waals surface area contributed by atoms with E-state index in [-0.39, 0.29) is 11.8 Å². The zero-order valence-corrected chi connectivity index (χ0v) is 11.8. The van der Waals surface area contributed by atoms with Crippen molar-refractivity contribution in [2.75, 3.05) is 0 Å². The van der Waals surface area contributed by atoms with Crippen LogP contribution in [0.4, 0.5) is 0 Å². The molecule has 0 spiro atoms. The molecule has 0 amide bonds. The molecule has 0 saturated carbocycles. The molecule has 18 heavy (non-hydrogen) atoms. The molecule has 2 heteroatoms. The molecule has 0 aromatic heterocycles. The maximum absolute atomic E-state index is 12.1. The highest BCUT2D eigenvalue weighted by Gasteiger charge is 2.40. The number of piperidine rings is 1. The number of nitrogens with zero attached hydrogens (tertiary/aromatic N) is 1. The molecule has 2 rings (SSSR count). The normalized spacial score (nSPS) is 33.7. The summed E-state index contributed by atoms with van der Waals surface area (Å²) in [5, 5.41) is 0. The molecule has 1 saturated heterocycles. The van der Waals surface area contributed by atoms with Crippen LogP contribution < -0.4 is 0 Å². The lowest BCUT2D eigenvalue weighted by Gasteiger charge is -2.45. The Morgan fingerprint density at radius 2 is 1.44 bits per heavy atom. The van der Waals surface area contributed by atoms with Gasteiger partial charge in [0.25, 0.3) is 0 Å². The van der Waals surface area contributed by atoms with E-state index in [9.17, 15) is 4.79 Å². The topological polar surface area (TPSA) is 20.3 Å². The fraction of sp³-hybridized carbons (Fsp3) is 0.562. The Morgan fingerprint density at radius 3 is 1.94 bits per heavy atom. The molecule has 1 aliphatic heterocycles. The van der Waals surface area contributed by atoms with Gasteiger partial charge in [-0.1, -0.05) is 44.2 Å². The number of rotatable bonds is 2. The Balaban J connectivity index is 2.18. The first-order valence-electron chi connectivity index (χ1n) is 6.85. The van der Waals surface area contributed by atoms with Crippen molar-refractivity contribution in [3.8, 4) is 0 Å². The van der Waals surface area contributed by atoms with Gasteiger partial charge in [-0.3, -0.25) is 9.69 Å². The molecule has 1 fully saturated rings. The highest BCUT2D eigenvalue weighted by Crippen LogP contribution is 2.30. The van der Waals surface area contributed by atoms with Gasteiger partial charge in [-0.15, -0.1) is 0 Å². The maximum Gasteiger partial charge on any atom is 0.141 e. The second-order valence-electron chi connectivity index (χ2n) is 5.62. The van der Waals surface area contributed by atoms with Crippen molar-refractivity contribution in [3.63, 3.8) is 0 Å². The van der Waals surface area contributed by atoms with E-state index in [0.29, 0.717) is 17.9 Å². The minimum atomic E-state index is 0.139. The first-order chi connectivity index (χ1) is 8.52. The second kappa shape index (κ2) is 5.23. The maximum atomic E-state index is 12.1. The van der Waals surface area contributed by atoms with Gasteiger partial charge in [0.2, 0.25) is 0 Å². The Hall–Kier alpha value is -1.15. The second-order valence-corrected chi connectivity index (χ2v) is 5.62.